The number of aromatic nitrogens is 3. The third kappa shape index (κ3) is 8.27. The Kier molecular flexibility index (Phi) is 9.48. The fourth-order valence-corrected chi connectivity index (χ4v) is 5.36. The first-order chi connectivity index (χ1) is 20.7. The normalized spacial score (nSPS) is 17.0. The first-order valence-corrected chi connectivity index (χ1v) is 15.2. The van der Waals surface area contributed by atoms with E-state index in [4.69, 9.17) is 9.47 Å². The van der Waals surface area contributed by atoms with E-state index < -0.39 is 63.4 Å². The van der Waals surface area contributed by atoms with Crippen molar-refractivity contribution in [2.75, 3.05) is 18.4 Å². The number of hydrogen-bond acceptors (Lipinski definition) is 8. The number of nitrogens with zero attached hydrogens (tertiary/aromatic N) is 4. The van der Waals surface area contributed by atoms with Gasteiger partial charge in [-0.05, 0) is 66.5 Å². The van der Waals surface area contributed by atoms with Crippen LogP contribution in [-0.4, -0.2) is 71.9 Å². The summed E-state index contributed by atoms with van der Waals surface area (Å²) in [6.45, 7) is 10.6. The highest BCUT2D eigenvalue weighted by atomic mass is 32.2. The van der Waals surface area contributed by atoms with Crippen LogP contribution in [0.25, 0.3) is 22.2 Å². The summed E-state index contributed by atoms with van der Waals surface area (Å²) in [5.41, 5.74) is -3.79. The summed E-state index contributed by atoms with van der Waals surface area (Å²) < 4.78 is 93.2. The van der Waals surface area contributed by atoms with Gasteiger partial charge >= 0.3 is 24.1 Å². The average Bonchev–Trinajstić information content (AvgIpc) is 3.29. The average molecular weight is 660 g/mol. The Morgan fingerprint density at radius 1 is 1.04 bits per heavy atom. The molecule has 1 amide bonds. The summed E-state index contributed by atoms with van der Waals surface area (Å²) in [4.78, 5) is 35.0. The third-order valence-electron chi connectivity index (χ3n) is 6.52. The highest BCUT2D eigenvalue weighted by molar-refractivity contribution is 7.85. The van der Waals surface area contributed by atoms with Gasteiger partial charge in [0.15, 0.2) is 0 Å². The quantitative estimate of drug-likeness (QED) is 0.290. The van der Waals surface area contributed by atoms with Crippen molar-refractivity contribution in [1.82, 2.24) is 19.4 Å². The summed E-state index contributed by atoms with van der Waals surface area (Å²) in [7, 11) is -2.76. The predicted molar refractivity (Wildman–Crippen MR) is 156 cm³/mol. The number of anilines is 1. The summed E-state index contributed by atoms with van der Waals surface area (Å²) in [6.07, 6.45) is -3.59. The maximum absolute atomic E-state index is 14.3. The van der Waals surface area contributed by atoms with Gasteiger partial charge in [0.25, 0.3) is 0 Å². The lowest BCUT2D eigenvalue weighted by atomic mass is 10.1. The van der Waals surface area contributed by atoms with Gasteiger partial charge in [-0.1, -0.05) is 6.07 Å². The Morgan fingerprint density at radius 2 is 1.69 bits per heavy atom. The molecular weight excluding hydrogens is 625 g/mol. The highest BCUT2D eigenvalue weighted by Gasteiger charge is 2.37. The van der Waals surface area contributed by atoms with Crippen molar-refractivity contribution in [1.29, 1.82) is 0 Å². The zero-order valence-corrected chi connectivity index (χ0v) is 26.3. The van der Waals surface area contributed by atoms with Crippen LogP contribution in [0.5, 0.6) is 0 Å². The van der Waals surface area contributed by atoms with Crippen LogP contribution in [0, 0.1) is 0 Å². The Morgan fingerprint density at radius 3 is 2.29 bits per heavy atom. The number of amides is 1. The van der Waals surface area contributed by atoms with Crippen molar-refractivity contribution < 1.29 is 45.2 Å². The van der Waals surface area contributed by atoms with Crippen LogP contribution in [0.2, 0.25) is 0 Å². The molecule has 0 saturated carbocycles. The van der Waals surface area contributed by atoms with Crippen LogP contribution in [0.15, 0.2) is 35.5 Å². The van der Waals surface area contributed by atoms with E-state index in [1.54, 1.807) is 41.5 Å². The fraction of sp³-hybridized carbons (Fsp3) is 0.517. The van der Waals surface area contributed by atoms with E-state index in [0.29, 0.717) is 25.6 Å². The lowest BCUT2D eigenvalue weighted by Crippen LogP contribution is -2.47. The zero-order valence-electron chi connectivity index (χ0n) is 25.5. The lowest BCUT2D eigenvalue weighted by molar-refractivity contribution is -0.137. The number of alkyl halides is 5. The number of hydrogen-bond donors (Lipinski definition) is 1. The second-order valence-corrected chi connectivity index (χ2v) is 13.9. The minimum Gasteiger partial charge on any atom is -0.444 e. The van der Waals surface area contributed by atoms with E-state index in [1.165, 1.54) is 11.0 Å². The molecule has 0 spiro atoms. The fourth-order valence-electron chi connectivity index (χ4n) is 4.72. The molecule has 0 aliphatic carbocycles. The number of carbonyl (C=O) groups is 2. The standard InChI is InChI=1S/C29H34F5N5O5S/c1-27(2,3)43-25(40)38-11-7-8-16(14-38)36-24-35-13-20(29(32,33)34)22(37-24)19-15-39(26(41)44-28(4,5)6)21-12-17(9-10-18(19)21)45(42)23(30)31/h9-10,12-13,15-16,23H,7-8,11,14H2,1-6H3,(H,35,36,37)/t16-,45?/m0/s1. The number of carbonyl (C=O) groups excluding carboxylic acids is 2. The smallest absolute Gasteiger partial charge is 0.419 e. The Bertz CT molecular complexity index is 1610. The van der Waals surface area contributed by atoms with Gasteiger partial charge in [0.2, 0.25) is 5.95 Å². The second-order valence-electron chi connectivity index (χ2n) is 12.5. The van der Waals surface area contributed by atoms with E-state index in [2.05, 4.69) is 15.3 Å². The van der Waals surface area contributed by atoms with Crippen LogP contribution in [0.1, 0.15) is 59.9 Å². The van der Waals surface area contributed by atoms with E-state index in [9.17, 15) is 35.8 Å². The molecule has 1 N–H and O–H groups in total. The van der Waals surface area contributed by atoms with E-state index in [0.717, 1.165) is 22.9 Å². The summed E-state index contributed by atoms with van der Waals surface area (Å²) in [6, 6.07) is 2.93. The Hall–Kier alpha value is -3.82. The molecule has 1 aliphatic rings. The van der Waals surface area contributed by atoms with Crippen molar-refractivity contribution in [2.24, 2.45) is 0 Å². The molecule has 1 fully saturated rings. The maximum Gasteiger partial charge on any atom is 0.419 e. The zero-order chi connectivity index (χ0) is 33.5. The highest BCUT2D eigenvalue weighted by Crippen LogP contribution is 2.40. The molecule has 10 nitrogen and oxygen atoms in total. The SMILES string of the molecule is CC(C)(C)OC(=O)N1CCC[C@H](Nc2ncc(C(F)(F)F)c(-c3cn(C(=O)OC(C)(C)C)c4cc(S(=O)C(F)F)ccc34)n2)C1. The molecule has 16 heteroatoms. The Balaban J connectivity index is 1.79. The molecule has 1 aromatic carbocycles. The number of fused-ring (bicyclic) bond motifs is 1. The van der Waals surface area contributed by atoms with Crippen LogP contribution in [-0.2, 0) is 26.4 Å². The molecule has 45 heavy (non-hydrogen) atoms. The number of ether oxygens (including phenoxy) is 2. The van der Waals surface area contributed by atoms with Gasteiger partial charge in [0.1, 0.15) is 27.6 Å². The van der Waals surface area contributed by atoms with E-state index in [-0.39, 0.29) is 33.9 Å². The van der Waals surface area contributed by atoms with Gasteiger partial charge in [-0.25, -0.2) is 23.8 Å². The molecule has 0 bridgehead atoms. The first kappa shape index (κ1) is 34.1. The van der Waals surface area contributed by atoms with Crippen LogP contribution >= 0.6 is 0 Å². The number of likely N-dealkylation sites (tertiary alicyclic amines) is 1. The molecule has 246 valence electrons. The van der Waals surface area contributed by atoms with Crippen molar-refractivity contribution >= 4 is 39.8 Å². The number of rotatable bonds is 5. The molecule has 0 radical (unpaired) electrons. The van der Waals surface area contributed by atoms with Crippen molar-refractivity contribution in [2.45, 2.75) is 88.5 Å². The molecule has 3 aromatic rings. The second kappa shape index (κ2) is 12.5. The van der Waals surface area contributed by atoms with E-state index in [1.807, 2.05) is 0 Å². The molecule has 2 atom stereocenters. The third-order valence-corrected chi connectivity index (χ3v) is 7.56. The number of halogens is 5. The van der Waals surface area contributed by atoms with Crippen molar-refractivity contribution in [3.63, 3.8) is 0 Å². The minimum absolute atomic E-state index is 0.0415. The lowest BCUT2D eigenvalue weighted by Gasteiger charge is -2.34. The van der Waals surface area contributed by atoms with Gasteiger partial charge in [0, 0.05) is 47.4 Å². The van der Waals surface area contributed by atoms with E-state index >= 15 is 0 Å². The van der Waals surface area contributed by atoms with Crippen molar-refractivity contribution in [3.8, 4) is 11.3 Å². The van der Waals surface area contributed by atoms with Crippen LogP contribution in [0.4, 0.5) is 37.5 Å². The summed E-state index contributed by atoms with van der Waals surface area (Å²) >= 11 is 0. The number of piperidine rings is 1. The van der Waals surface area contributed by atoms with Gasteiger partial charge in [-0.15, -0.1) is 0 Å². The summed E-state index contributed by atoms with van der Waals surface area (Å²) in [5, 5.41) is 3.04. The molecule has 1 aliphatic heterocycles. The Labute approximate surface area is 258 Å². The van der Waals surface area contributed by atoms with Crippen LogP contribution in [0.3, 0.4) is 0 Å². The van der Waals surface area contributed by atoms with Gasteiger partial charge in [-0.3, -0.25) is 4.57 Å². The number of nitrogens with one attached hydrogen (secondary N) is 1. The number of benzene rings is 1. The van der Waals surface area contributed by atoms with Gasteiger partial charge in [0.05, 0.1) is 11.2 Å². The molecule has 1 unspecified atom stereocenters. The predicted octanol–water partition coefficient (Wildman–Crippen LogP) is 7.04. The molecule has 2 aromatic heterocycles. The monoisotopic (exact) mass is 659 g/mol. The minimum atomic E-state index is -4.91. The molecule has 3 heterocycles. The van der Waals surface area contributed by atoms with Gasteiger partial charge < -0.3 is 19.7 Å². The maximum atomic E-state index is 14.3. The van der Waals surface area contributed by atoms with Crippen LogP contribution < -0.4 is 5.32 Å². The molecule has 1 saturated heterocycles. The van der Waals surface area contributed by atoms with Gasteiger partial charge in [-0.2, -0.15) is 22.0 Å². The van der Waals surface area contributed by atoms with Crippen molar-refractivity contribution in [3.05, 3.63) is 36.2 Å². The largest absolute Gasteiger partial charge is 0.444 e. The summed E-state index contributed by atoms with van der Waals surface area (Å²) in [5.74, 6) is -3.40. The first-order valence-electron chi connectivity index (χ1n) is 14.0. The molecular formula is C29H34F5N5O5S. The topological polar surface area (TPSA) is 116 Å². The molecule has 4 rings (SSSR count).